The lowest BCUT2D eigenvalue weighted by atomic mass is 10.1. The first-order valence-corrected chi connectivity index (χ1v) is 7.81. The zero-order valence-electron chi connectivity index (χ0n) is 14.2. The number of rotatable bonds is 4. The Balaban J connectivity index is 1.91. The van der Waals surface area contributed by atoms with Crippen LogP contribution in [0.25, 0.3) is 10.9 Å². The van der Waals surface area contributed by atoms with Gasteiger partial charge in [-0.25, -0.2) is 9.78 Å². The molecule has 3 N–H and O–H groups in total. The van der Waals surface area contributed by atoms with E-state index in [1.54, 1.807) is 12.1 Å². The van der Waals surface area contributed by atoms with Gasteiger partial charge in [0.15, 0.2) is 0 Å². The van der Waals surface area contributed by atoms with Crippen LogP contribution >= 0.6 is 0 Å². The van der Waals surface area contributed by atoms with Crippen LogP contribution in [0.3, 0.4) is 0 Å². The van der Waals surface area contributed by atoms with E-state index in [-0.39, 0.29) is 27.9 Å². The number of fused-ring (bicyclic) bond motifs is 1. The molecule has 1 aromatic heterocycles. The summed E-state index contributed by atoms with van der Waals surface area (Å²) in [4.78, 5) is 29.8. The quantitative estimate of drug-likeness (QED) is 0.668. The molecule has 0 aliphatic rings. The summed E-state index contributed by atoms with van der Waals surface area (Å²) in [5.41, 5.74) is 1.76. The number of aromatic hydroxyl groups is 1. The zero-order chi connectivity index (χ0) is 18.8. The molecule has 0 fully saturated rings. The van der Waals surface area contributed by atoms with Crippen LogP contribution in [0.5, 0.6) is 5.75 Å². The summed E-state index contributed by atoms with van der Waals surface area (Å²) in [5.74, 6) is -1.77. The average molecular weight is 351 g/mol. The molecule has 0 saturated carbocycles. The largest absolute Gasteiger partial charge is 0.506 e. The molecule has 7 nitrogen and oxygen atoms in total. The van der Waals surface area contributed by atoms with Crippen molar-refractivity contribution >= 4 is 34.2 Å². The number of pyridine rings is 1. The number of phenolic OH excluding ortho intramolecular Hbond substituents is 1. The molecule has 0 bridgehead atoms. The van der Waals surface area contributed by atoms with Crippen molar-refractivity contribution in [3.8, 4) is 5.75 Å². The summed E-state index contributed by atoms with van der Waals surface area (Å²) in [6, 6.07) is 12.7. The number of amides is 1. The van der Waals surface area contributed by atoms with Crippen molar-refractivity contribution in [3.63, 3.8) is 0 Å². The fourth-order valence-corrected chi connectivity index (χ4v) is 2.55. The van der Waals surface area contributed by atoms with Crippen molar-refractivity contribution in [1.82, 2.24) is 4.98 Å². The predicted octanol–water partition coefficient (Wildman–Crippen LogP) is 2.96. The summed E-state index contributed by atoms with van der Waals surface area (Å²) < 4.78 is 0. The lowest BCUT2D eigenvalue weighted by molar-refractivity contribution is 0.0699. The molecule has 0 radical (unpaired) electrons. The van der Waals surface area contributed by atoms with E-state index in [2.05, 4.69) is 10.3 Å². The number of hydrogen-bond donors (Lipinski definition) is 3. The Morgan fingerprint density at radius 2 is 1.69 bits per heavy atom. The van der Waals surface area contributed by atoms with Gasteiger partial charge in [-0.15, -0.1) is 0 Å². The van der Waals surface area contributed by atoms with Crippen molar-refractivity contribution in [2.24, 2.45) is 0 Å². The van der Waals surface area contributed by atoms with Crippen LogP contribution in [0.2, 0.25) is 0 Å². The second-order valence-corrected chi connectivity index (χ2v) is 5.93. The average Bonchev–Trinajstić information content (AvgIpc) is 2.62. The molecule has 0 spiro atoms. The molecule has 1 heterocycles. The van der Waals surface area contributed by atoms with Crippen LogP contribution in [0, 0.1) is 0 Å². The van der Waals surface area contributed by atoms with E-state index in [0.717, 1.165) is 5.69 Å². The monoisotopic (exact) mass is 351 g/mol. The maximum absolute atomic E-state index is 12.4. The highest BCUT2D eigenvalue weighted by atomic mass is 16.4. The highest BCUT2D eigenvalue weighted by Gasteiger charge is 2.15. The number of carboxylic acid groups (broad SMARTS) is 1. The van der Waals surface area contributed by atoms with Crippen molar-refractivity contribution in [2.75, 3.05) is 24.3 Å². The standard InChI is InChI=1S/C19H17N3O4/c1-22(2)12-5-3-11(4-6-12)20-18(24)15-9-7-13-14(19(25)26)8-10-16(23)17(13)21-15/h3-10,23H,1-2H3,(H,20,24)(H,25,26). The van der Waals surface area contributed by atoms with Gasteiger partial charge in [0.25, 0.3) is 5.91 Å². The lowest BCUT2D eigenvalue weighted by Gasteiger charge is -2.13. The van der Waals surface area contributed by atoms with Gasteiger partial charge < -0.3 is 20.4 Å². The molecule has 0 atom stereocenters. The molecule has 0 aliphatic carbocycles. The third-order valence-corrected chi connectivity index (χ3v) is 3.94. The maximum atomic E-state index is 12.4. The fraction of sp³-hybridized carbons (Fsp3) is 0.105. The Kier molecular flexibility index (Phi) is 4.45. The molecule has 3 aromatic rings. The van der Waals surface area contributed by atoms with E-state index in [9.17, 15) is 19.8 Å². The number of hydrogen-bond acceptors (Lipinski definition) is 5. The van der Waals surface area contributed by atoms with Crippen LogP contribution < -0.4 is 10.2 Å². The molecule has 26 heavy (non-hydrogen) atoms. The van der Waals surface area contributed by atoms with Gasteiger partial charge in [0.2, 0.25) is 0 Å². The fourth-order valence-electron chi connectivity index (χ4n) is 2.55. The van der Waals surface area contributed by atoms with Crippen LogP contribution in [0.4, 0.5) is 11.4 Å². The summed E-state index contributed by atoms with van der Waals surface area (Å²) >= 11 is 0. The number of anilines is 2. The number of benzene rings is 2. The van der Waals surface area contributed by atoms with E-state index < -0.39 is 11.9 Å². The molecule has 132 valence electrons. The maximum Gasteiger partial charge on any atom is 0.336 e. The van der Waals surface area contributed by atoms with Gasteiger partial charge in [-0.2, -0.15) is 0 Å². The summed E-state index contributed by atoms with van der Waals surface area (Å²) in [6.07, 6.45) is 0. The molecular weight excluding hydrogens is 334 g/mol. The lowest BCUT2D eigenvalue weighted by Crippen LogP contribution is -2.14. The van der Waals surface area contributed by atoms with Crippen molar-refractivity contribution in [3.05, 3.63) is 59.8 Å². The third kappa shape index (κ3) is 3.27. The highest BCUT2D eigenvalue weighted by molar-refractivity contribution is 6.07. The molecule has 0 unspecified atom stereocenters. The molecule has 2 aromatic carbocycles. The smallest absolute Gasteiger partial charge is 0.336 e. The normalized spacial score (nSPS) is 10.5. The second-order valence-electron chi connectivity index (χ2n) is 5.93. The number of phenols is 1. The summed E-state index contributed by atoms with van der Waals surface area (Å²) in [7, 11) is 3.84. The van der Waals surface area contributed by atoms with Crippen LogP contribution in [-0.4, -0.2) is 41.2 Å². The topological polar surface area (TPSA) is 103 Å². The van der Waals surface area contributed by atoms with E-state index >= 15 is 0 Å². The van der Waals surface area contributed by atoms with Gasteiger partial charge in [0.05, 0.1) is 5.56 Å². The van der Waals surface area contributed by atoms with Gasteiger partial charge in [-0.1, -0.05) is 0 Å². The Hall–Kier alpha value is -3.61. The number of nitrogens with one attached hydrogen (secondary N) is 1. The van der Waals surface area contributed by atoms with Crippen LogP contribution in [-0.2, 0) is 0 Å². The zero-order valence-corrected chi connectivity index (χ0v) is 14.2. The molecular formula is C19H17N3O4. The number of carbonyl (C=O) groups is 2. The minimum Gasteiger partial charge on any atom is -0.506 e. The molecule has 0 saturated heterocycles. The number of aromatic carboxylic acids is 1. The highest BCUT2D eigenvalue weighted by Crippen LogP contribution is 2.26. The first-order valence-electron chi connectivity index (χ1n) is 7.81. The minimum absolute atomic E-state index is 0.0107. The SMILES string of the molecule is CN(C)c1ccc(NC(=O)c2ccc3c(C(=O)O)ccc(O)c3n2)cc1. The Labute approximate surface area is 149 Å². The molecule has 3 rings (SSSR count). The molecule has 0 aliphatic heterocycles. The predicted molar refractivity (Wildman–Crippen MR) is 99.1 cm³/mol. The first kappa shape index (κ1) is 17.2. The molecule has 1 amide bonds. The van der Waals surface area contributed by atoms with Gasteiger partial charge >= 0.3 is 5.97 Å². The van der Waals surface area contributed by atoms with Gasteiger partial charge in [0, 0.05) is 30.9 Å². The van der Waals surface area contributed by atoms with Crippen molar-refractivity contribution < 1.29 is 19.8 Å². The number of carbonyl (C=O) groups excluding carboxylic acids is 1. The van der Waals surface area contributed by atoms with Gasteiger partial charge in [-0.3, -0.25) is 4.79 Å². The molecule has 7 heteroatoms. The van der Waals surface area contributed by atoms with Crippen LogP contribution in [0.1, 0.15) is 20.8 Å². The second kappa shape index (κ2) is 6.72. The number of aromatic nitrogens is 1. The summed E-state index contributed by atoms with van der Waals surface area (Å²) in [5, 5.41) is 22.2. The number of carboxylic acids is 1. The van der Waals surface area contributed by atoms with Crippen LogP contribution in [0.15, 0.2) is 48.5 Å². The Morgan fingerprint density at radius 1 is 1.00 bits per heavy atom. The summed E-state index contributed by atoms with van der Waals surface area (Å²) in [6.45, 7) is 0. The van der Waals surface area contributed by atoms with E-state index in [4.69, 9.17) is 0 Å². The first-order chi connectivity index (χ1) is 12.4. The van der Waals surface area contributed by atoms with Gasteiger partial charge in [0.1, 0.15) is 17.0 Å². The van der Waals surface area contributed by atoms with Crippen molar-refractivity contribution in [2.45, 2.75) is 0 Å². The third-order valence-electron chi connectivity index (χ3n) is 3.94. The minimum atomic E-state index is -1.13. The Bertz CT molecular complexity index is 998. The van der Waals surface area contributed by atoms with Crippen molar-refractivity contribution in [1.29, 1.82) is 0 Å². The van der Waals surface area contributed by atoms with E-state index in [0.29, 0.717) is 5.69 Å². The van der Waals surface area contributed by atoms with Gasteiger partial charge in [-0.05, 0) is 48.5 Å². The van der Waals surface area contributed by atoms with E-state index in [1.165, 1.54) is 24.3 Å². The Morgan fingerprint density at radius 3 is 2.31 bits per heavy atom. The number of nitrogens with zero attached hydrogens (tertiary/aromatic N) is 2. The van der Waals surface area contributed by atoms with E-state index in [1.807, 2.05) is 31.1 Å².